The van der Waals surface area contributed by atoms with Crippen molar-refractivity contribution in [1.82, 2.24) is 4.98 Å². The third kappa shape index (κ3) is 3.65. The van der Waals surface area contributed by atoms with Gasteiger partial charge in [-0.25, -0.2) is 0 Å². The number of pyridine rings is 1. The Kier molecular flexibility index (Phi) is 5.00. The minimum absolute atomic E-state index is 0.272. The third-order valence-corrected chi connectivity index (χ3v) is 5.85. The zero-order chi connectivity index (χ0) is 11.4. The molecule has 0 radical (unpaired) electrons. The highest BCUT2D eigenvalue weighted by atomic mass is 79.9. The first kappa shape index (κ1) is 12.7. The first-order valence-corrected chi connectivity index (χ1v) is 8.23. The number of hydrogen-bond acceptors (Lipinski definition) is 4. The van der Waals surface area contributed by atoms with Gasteiger partial charge >= 0.3 is 0 Å². The summed E-state index contributed by atoms with van der Waals surface area (Å²) in [6.45, 7) is 0. The van der Waals surface area contributed by atoms with E-state index >= 15 is 0 Å². The van der Waals surface area contributed by atoms with E-state index in [1.165, 1.54) is 5.75 Å². The predicted octanol–water partition coefficient (Wildman–Crippen LogP) is 2.60. The van der Waals surface area contributed by atoms with E-state index in [0.717, 1.165) is 21.7 Å². The van der Waals surface area contributed by atoms with Gasteiger partial charge in [-0.05, 0) is 28.1 Å². The summed E-state index contributed by atoms with van der Waals surface area (Å²) in [5.74, 6) is 3.42. The number of thioether (sulfide) groups is 2. The fraction of sp³-hybridized carbons (Fsp3) is 0.545. The van der Waals surface area contributed by atoms with Gasteiger partial charge < -0.3 is 5.11 Å². The zero-order valence-electron chi connectivity index (χ0n) is 8.80. The highest BCUT2D eigenvalue weighted by molar-refractivity contribution is 9.10. The quantitative estimate of drug-likeness (QED) is 0.928. The average Bonchev–Trinajstić information content (AvgIpc) is 2.33. The molecular formula is C11H14BrNOS2. The molecule has 1 aliphatic heterocycles. The van der Waals surface area contributed by atoms with Crippen molar-refractivity contribution in [3.63, 3.8) is 0 Å². The lowest BCUT2D eigenvalue weighted by Gasteiger charge is -2.25. The van der Waals surface area contributed by atoms with Gasteiger partial charge in [0.25, 0.3) is 0 Å². The number of hydrogen-bond donors (Lipinski definition) is 1. The first-order chi connectivity index (χ1) is 7.75. The van der Waals surface area contributed by atoms with Crippen molar-refractivity contribution >= 4 is 39.5 Å². The van der Waals surface area contributed by atoms with E-state index in [2.05, 4.69) is 20.9 Å². The van der Waals surface area contributed by atoms with E-state index in [1.807, 2.05) is 35.7 Å². The van der Waals surface area contributed by atoms with Gasteiger partial charge in [0.15, 0.2) is 0 Å². The van der Waals surface area contributed by atoms with Crippen LogP contribution in [0.1, 0.15) is 5.69 Å². The Morgan fingerprint density at radius 3 is 3.00 bits per heavy atom. The largest absolute Gasteiger partial charge is 0.392 e. The minimum atomic E-state index is -0.272. The molecule has 0 aromatic carbocycles. The molecule has 2 rings (SSSR count). The van der Waals surface area contributed by atoms with Gasteiger partial charge in [-0.3, -0.25) is 4.98 Å². The molecule has 16 heavy (non-hydrogen) atoms. The standard InChI is InChI=1S/C11H14BrNOS2/c12-8-1-2-9(13-6-8)5-10(14)11-7-15-3-4-16-11/h1-2,6,10-11,14H,3-5,7H2. The van der Waals surface area contributed by atoms with E-state index in [0.29, 0.717) is 11.7 Å². The van der Waals surface area contributed by atoms with Gasteiger partial charge in [0.1, 0.15) is 0 Å². The van der Waals surface area contributed by atoms with Gasteiger partial charge in [0.2, 0.25) is 0 Å². The van der Waals surface area contributed by atoms with Crippen molar-refractivity contribution in [3.8, 4) is 0 Å². The number of rotatable bonds is 3. The van der Waals surface area contributed by atoms with Crippen molar-refractivity contribution in [2.75, 3.05) is 17.3 Å². The van der Waals surface area contributed by atoms with Gasteiger partial charge in [-0.15, -0.1) is 0 Å². The van der Waals surface area contributed by atoms with Gasteiger partial charge in [-0.1, -0.05) is 0 Å². The van der Waals surface area contributed by atoms with Gasteiger partial charge in [0, 0.05) is 45.3 Å². The van der Waals surface area contributed by atoms with Crippen molar-refractivity contribution in [2.24, 2.45) is 0 Å². The predicted molar refractivity (Wildman–Crippen MR) is 75.2 cm³/mol. The minimum Gasteiger partial charge on any atom is -0.392 e. The van der Waals surface area contributed by atoms with Crippen LogP contribution in [0.25, 0.3) is 0 Å². The Labute approximate surface area is 113 Å². The Morgan fingerprint density at radius 1 is 1.50 bits per heavy atom. The van der Waals surface area contributed by atoms with Crippen molar-refractivity contribution in [2.45, 2.75) is 17.8 Å². The maximum atomic E-state index is 10.1. The third-order valence-electron chi connectivity index (χ3n) is 2.48. The van der Waals surface area contributed by atoms with Crippen LogP contribution in [0.4, 0.5) is 0 Å². The Morgan fingerprint density at radius 2 is 2.38 bits per heavy atom. The molecule has 1 aromatic rings. The molecule has 1 aromatic heterocycles. The SMILES string of the molecule is OC(Cc1ccc(Br)cn1)C1CSCCS1. The average molecular weight is 320 g/mol. The molecule has 2 atom stereocenters. The van der Waals surface area contributed by atoms with Crippen LogP contribution in [-0.2, 0) is 6.42 Å². The first-order valence-electron chi connectivity index (χ1n) is 5.23. The van der Waals surface area contributed by atoms with E-state index in [-0.39, 0.29) is 6.10 Å². The van der Waals surface area contributed by atoms with Gasteiger partial charge in [-0.2, -0.15) is 23.5 Å². The molecule has 0 spiro atoms. The summed E-state index contributed by atoms with van der Waals surface area (Å²) >= 11 is 7.18. The summed E-state index contributed by atoms with van der Waals surface area (Å²) in [5.41, 5.74) is 0.965. The molecule has 2 nitrogen and oxygen atoms in total. The molecule has 2 unspecified atom stereocenters. The molecular weight excluding hydrogens is 306 g/mol. The molecule has 0 bridgehead atoms. The molecule has 88 valence electrons. The molecule has 2 heterocycles. The van der Waals surface area contributed by atoms with E-state index in [4.69, 9.17) is 0 Å². The monoisotopic (exact) mass is 319 g/mol. The molecule has 1 N–H and O–H groups in total. The van der Waals surface area contributed by atoms with Crippen LogP contribution in [-0.4, -0.2) is 38.7 Å². The van der Waals surface area contributed by atoms with Crippen LogP contribution in [0.2, 0.25) is 0 Å². The van der Waals surface area contributed by atoms with Crippen LogP contribution in [0.5, 0.6) is 0 Å². The fourth-order valence-electron chi connectivity index (χ4n) is 1.60. The Hall–Kier alpha value is 0.290. The molecule has 1 aliphatic rings. The normalized spacial score (nSPS) is 23.0. The second-order valence-electron chi connectivity index (χ2n) is 3.72. The summed E-state index contributed by atoms with van der Waals surface area (Å²) in [6, 6.07) is 3.94. The van der Waals surface area contributed by atoms with E-state index in [1.54, 1.807) is 6.20 Å². The molecule has 1 fully saturated rings. The maximum Gasteiger partial charge on any atom is 0.0722 e. The molecule has 0 saturated carbocycles. The summed E-state index contributed by atoms with van der Waals surface area (Å²) in [4.78, 5) is 4.29. The highest BCUT2D eigenvalue weighted by Gasteiger charge is 2.23. The van der Waals surface area contributed by atoms with Crippen LogP contribution in [0.15, 0.2) is 22.8 Å². The van der Waals surface area contributed by atoms with E-state index < -0.39 is 0 Å². The number of halogens is 1. The van der Waals surface area contributed by atoms with Crippen molar-refractivity contribution < 1.29 is 5.11 Å². The molecule has 5 heteroatoms. The summed E-state index contributed by atoms with van der Waals surface area (Å²) < 4.78 is 0.980. The Balaban J connectivity index is 1.90. The Bertz CT molecular complexity index is 327. The summed E-state index contributed by atoms with van der Waals surface area (Å²) in [6.07, 6.45) is 2.17. The van der Waals surface area contributed by atoms with Crippen molar-refractivity contribution in [3.05, 3.63) is 28.5 Å². The summed E-state index contributed by atoms with van der Waals surface area (Å²) in [7, 11) is 0. The maximum absolute atomic E-state index is 10.1. The lowest BCUT2D eigenvalue weighted by molar-refractivity contribution is 0.176. The van der Waals surface area contributed by atoms with Crippen LogP contribution >= 0.6 is 39.5 Å². The fourth-order valence-corrected chi connectivity index (χ4v) is 4.61. The lowest BCUT2D eigenvalue weighted by atomic mass is 10.1. The van der Waals surface area contributed by atoms with Gasteiger partial charge in [0.05, 0.1) is 6.10 Å². The highest BCUT2D eigenvalue weighted by Crippen LogP contribution is 2.27. The van der Waals surface area contributed by atoms with Crippen LogP contribution < -0.4 is 0 Å². The number of aliphatic hydroxyl groups is 1. The van der Waals surface area contributed by atoms with Crippen LogP contribution in [0, 0.1) is 0 Å². The van der Waals surface area contributed by atoms with Crippen LogP contribution in [0.3, 0.4) is 0 Å². The zero-order valence-corrected chi connectivity index (χ0v) is 12.0. The number of aromatic nitrogens is 1. The number of aliphatic hydroxyl groups excluding tert-OH is 1. The topological polar surface area (TPSA) is 33.1 Å². The molecule has 1 saturated heterocycles. The van der Waals surface area contributed by atoms with Crippen molar-refractivity contribution in [1.29, 1.82) is 0 Å². The molecule has 0 amide bonds. The second-order valence-corrected chi connectivity index (χ2v) is 7.14. The lowest BCUT2D eigenvalue weighted by Crippen LogP contribution is -2.30. The van der Waals surface area contributed by atoms with E-state index in [9.17, 15) is 5.11 Å². The summed E-state index contributed by atoms with van der Waals surface area (Å²) in [5, 5.41) is 10.5. The number of nitrogens with zero attached hydrogens (tertiary/aromatic N) is 1. The smallest absolute Gasteiger partial charge is 0.0722 e. The second kappa shape index (κ2) is 6.28. The molecule has 0 aliphatic carbocycles.